The third-order valence-corrected chi connectivity index (χ3v) is 6.57. The summed E-state index contributed by atoms with van der Waals surface area (Å²) in [5.74, 6) is -0.739. The van der Waals surface area contributed by atoms with Crippen LogP contribution < -0.4 is 0 Å². The Kier molecular flexibility index (Phi) is 9.15. The maximum Gasteiger partial charge on any atom is 0.416 e. The molecule has 40 heavy (non-hydrogen) atoms. The summed E-state index contributed by atoms with van der Waals surface area (Å²) in [5.41, 5.74) is -3.96. The minimum absolute atomic E-state index is 0.00797. The van der Waals surface area contributed by atoms with E-state index in [0.717, 1.165) is 17.0 Å². The summed E-state index contributed by atoms with van der Waals surface area (Å²) >= 11 is 0. The molecular weight excluding hydrogens is 560 g/mol. The van der Waals surface area contributed by atoms with Crippen molar-refractivity contribution in [3.63, 3.8) is 0 Å². The predicted molar refractivity (Wildman–Crippen MR) is 125 cm³/mol. The number of unbranched alkanes of at least 4 members (excludes halogenated alkanes) is 2. The molecule has 0 radical (unpaired) electrons. The fraction of sp³-hybridized carbons (Fsp3) is 0.444. The molecule has 0 spiro atoms. The number of benzene rings is 2. The van der Waals surface area contributed by atoms with E-state index in [4.69, 9.17) is 4.74 Å². The molecule has 1 heterocycles. The van der Waals surface area contributed by atoms with Crippen LogP contribution in [0.1, 0.15) is 66.5 Å². The molecule has 2 aromatic rings. The SMILES string of the molecule is C=C(CCCCCc1cc(C(F)(F)F)ccc1F)CN1C(=O)O[C@H](c2cc(C(F)(F)F)cc(C(F)(F)F)c2)[C@@H]1C. The number of amides is 1. The number of alkyl halides is 9. The molecule has 0 saturated carbocycles. The molecule has 0 aromatic heterocycles. The lowest BCUT2D eigenvalue weighted by atomic mass is 9.97. The maximum atomic E-state index is 13.9. The van der Waals surface area contributed by atoms with Gasteiger partial charge in [-0.2, -0.15) is 39.5 Å². The van der Waals surface area contributed by atoms with Crippen LogP contribution in [0.15, 0.2) is 48.6 Å². The van der Waals surface area contributed by atoms with Crippen molar-refractivity contribution in [2.75, 3.05) is 6.54 Å². The first-order valence-electron chi connectivity index (χ1n) is 12.2. The Labute approximate surface area is 223 Å². The first-order valence-corrected chi connectivity index (χ1v) is 12.2. The fourth-order valence-electron chi connectivity index (χ4n) is 4.43. The molecule has 0 unspecified atom stereocenters. The number of rotatable bonds is 9. The van der Waals surface area contributed by atoms with E-state index in [1.807, 2.05) is 0 Å². The second kappa shape index (κ2) is 11.7. The molecule has 13 heteroatoms. The first kappa shape index (κ1) is 31.3. The molecule has 3 nitrogen and oxygen atoms in total. The highest BCUT2D eigenvalue weighted by atomic mass is 19.4. The zero-order chi connectivity index (χ0) is 30.0. The number of cyclic esters (lactones) is 1. The largest absolute Gasteiger partial charge is 0.439 e. The smallest absolute Gasteiger partial charge is 0.416 e. The topological polar surface area (TPSA) is 29.5 Å². The van der Waals surface area contributed by atoms with Crippen molar-refractivity contribution in [1.82, 2.24) is 4.90 Å². The number of carbonyl (C=O) groups is 1. The second-order valence-corrected chi connectivity index (χ2v) is 9.63. The minimum atomic E-state index is -5.05. The van der Waals surface area contributed by atoms with E-state index in [1.54, 1.807) is 0 Å². The van der Waals surface area contributed by atoms with Gasteiger partial charge in [-0.1, -0.05) is 18.6 Å². The molecule has 1 fully saturated rings. The summed E-state index contributed by atoms with van der Waals surface area (Å²) in [6, 6.07) is 2.34. The standard InChI is InChI=1S/C27H25F10NO2/c1-15(6-4-3-5-7-17-10-19(25(29,30)31)8-9-22(17)28)14-38-16(2)23(40-24(38)39)18-11-20(26(32,33)34)13-21(12-18)27(35,36)37/h8-13,16,23H,1,3-7,14H2,2H3/t16-,23-/m0/s1. The van der Waals surface area contributed by atoms with Gasteiger partial charge in [-0.3, -0.25) is 4.90 Å². The van der Waals surface area contributed by atoms with E-state index in [0.29, 0.717) is 49.5 Å². The van der Waals surface area contributed by atoms with Crippen LogP contribution in [0.3, 0.4) is 0 Å². The Balaban J connectivity index is 1.57. The average molecular weight is 585 g/mol. The summed E-state index contributed by atoms with van der Waals surface area (Å²) in [4.78, 5) is 13.6. The lowest BCUT2D eigenvalue weighted by molar-refractivity contribution is -0.143. The normalized spacial score (nSPS) is 18.3. The maximum absolute atomic E-state index is 13.9. The number of hydrogen-bond acceptors (Lipinski definition) is 2. The molecule has 1 saturated heterocycles. The van der Waals surface area contributed by atoms with E-state index in [-0.39, 0.29) is 24.6 Å². The van der Waals surface area contributed by atoms with E-state index in [9.17, 15) is 48.7 Å². The molecule has 2 aromatic carbocycles. The number of carbonyl (C=O) groups excluding carboxylic acids is 1. The summed E-state index contributed by atoms with van der Waals surface area (Å²) in [7, 11) is 0. The summed E-state index contributed by atoms with van der Waals surface area (Å²) < 4.78 is 137. The van der Waals surface area contributed by atoms with Crippen LogP contribution in [0.4, 0.5) is 48.7 Å². The average Bonchev–Trinajstić information content (AvgIpc) is 3.11. The predicted octanol–water partition coefficient (Wildman–Crippen LogP) is 9.12. The van der Waals surface area contributed by atoms with Crippen LogP contribution in [0.2, 0.25) is 0 Å². The van der Waals surface area contributed by atoms with Gasteiger partial charge in [0.05, 0.1) is 22.7 Å². The Morgan fingerprint density at radius 2 is 1.43 bits per heavy atom. The molecule has 0 bridgehead atoms. The summed E-state index contributed by atoms with van der Waals surface area (Å²) in [6.07, 6.45) is -15.2. The molecule has 220 valence electrons. The quantitative estimate of drug-likeness (QED) is 0.167. The van der Waals surface area contributed by atoms with Gasteiger partial charge in [0.2, 0.25) is 0 Å². The van der Waals surface area contributed by atoms with Crippen LogP contribution in [0.25, 0.3) is 0 Å². The molecule has 0 N–H and O–H groups in total. The van der Waals surface area contributed by atoms with E-state index in [2.05, 4.69) is 6.58 Å². The van der Waals surface area contributed by atoms with Gasteiger partial charge in [-0.15, -0.1) is 0 Å². The van der Waals surface area contributed by atoms with Gasteiger partial charge in [0, 0.05) is 6.54 Å². The van der Waals surface area contributed by atoms with Crippen molar-refractivity contribution in [3.8, 4) is 0 Å². The van der Waals surface area contributed by atoms with Gasteiger partial charge in [0.1, 0.15) is 11.9 Å². The number of aryl methyl sites for hydroxylation is 1. The van der Waals surface area contributed by atoms with Gasteiger partial charge < -0.3 is 4.74 Å². The molecule has 3 rings (SSSR count). The van der Waals surface area contributed by atoms with Crippen LogP contribution in [0, 0.1) is 5.82 Å². The molecular formula is C27H25F10NO2. The number of halogens is 10. The molecule has 1 amide bonds. The zero-order valence-corrected chi connectivity index (χ0v) is 21.1. The highest BCUT2D eigenvalue weighted by Gasteiger charge is 2.43. The number of hydrogen-bond donors (Lipinski definition) is 0. The van der Waals surface area contributed by atoms with Gasteiger partial charge in [-0.25, -0.2) is 9.18 Å². The highest BCUT2D eigenvalue weighted by molar-refractivity contribution is 5.71. The number of ether oxygens (including phenoxy) is 1. The minimum Gasteiger partial charge on any atom is -0.439 e. The fourth-order valence-corrected chi connectivity index (χ4v) is 4.43. The van der Waals surface area contributed by atoms with E-state index in [1.165, 1.54) is 6.92 Å². The van der Waals surface area contributed by atoms with Crippen molar-refractivity contribution in [3.05, 3.63) is 82.2 Å². The van der Waals surface area contributed by atoms with Gasteiger partial charge >= 0.3 is 24.6 Å². The Hall–Kier alpha value is -3.25. The molecule has 2 atom stereocenters. The van der Waals surface area contributed by atoms with Crippen LogP contribution in [-0.4, -0.2) is 23.6 Å². The van der Waals surface area contributed by atoms with Crippen molar-refractivity contribution >= 4 is 6.09 Å². The monoisotopic (exact) mass is 585 g/mol. The first-order chi connectivity index (χ1) is 18.4. The lowest BCUT2D eigenvalue weighted by Crippen LogP contribution is -2.33. The van der Waals surface area contributed by atoms with E-state index < -0.39 is 64.8 Å². The molecule has 0 aliphatic carbocycles. The Morgan fingerprint density at radius 3 is 1.98 bits per heavy atom. The Bertz CT molecular complexity index is 1200. The van der Waals surface area contributed by atoms with Crippen molar-refractivity contribution in [2.24, 2.45) is 0 Å². The van der Waals surface area contributed by atoms with Crippen LogP contribution >= 0.6 is 0 Å². The summed E-state index contributed by atoms with van der Waals surface area (Å²) in [5, 5.41) is 0. The molecule has 1 aliphatic heterocycles. The van der Waals surface area contributed by atoms with Gasteiger partial charge in [0.25, 0.3) is 0 Å². The van der Waals surface area contributed by atoms with Crippen LogP contribution in [-0.2, 0) is 29.7 Å². The third kappa shape index (κ3) is 7.69. The number of nitrogens with zero attached hydrogens (tertiary/aromatic N) is 1. The lowest BCUT2D eigenvalue weighted by Gasteiger charge is -2.23. The van der Waals surface area contributed by atoms with E-state index >= 15 is 0 Å². The summed E-state index contributed by atoms with van der Waals surface area (Å²) in [6.45, 7) is 5.22. The second-order valence-electron chi connectivity index (χ2n) is 9.63. The van der Waals surface area contributed by atoms with Crippen molar-refractivity contribution < 1.29 is 53.4 Å². The highest BCUT2D eigenvalue weighted by Crippen LogP contribution is 2.41. The van der Waals surface area contributed by atoms with Crippen molar-refractivity contribution in [1.29, 1.82) is 0 Å². The molecule has 1 aliphatic rings. The Morgan fingerprint density at radius 1 is 0.850 bits per heavy atom. The van der Waals surface area contributed by atoms with Gasteiger partial charge in [0.15, 0.2) is 0 Å². The van der Waals surface area contributed by atoms with Gasteiger partial charge in [-0.05, 0) is 80.1 Å². The third-order valence-electron chi connectivity index (χ3n) is 6.57. The zero-order valence-electron chi connectivity index (χ0n) is 21.1. The van der Waals surface area contributed by atoms with Crippen LogP contribution in [0.5, 0.6) is 0 Å². The van der Waals surface area contributed by atoms with Crippen molar-refractivity contribution in [2.45, 2.75) is 69.7 Å².